The minimum absolute atomic E-state index is 0.196. The van der Waals surface area contributed by atoms with Crippen LogP contribution in [0.1, 0.15) is 41.0 Å². The van der Waals surface area contributed by atoms with Gasteiger partial charge in [0, 0.05) is 18.3 Å². The first-order valence-corrected chi connectivity index (χ1v) is 12.8. The summed E-state index contributed by atoms with van der Waals surface area (Å²) in [6.07, 6.45) is 2.78. The molecule has 0 unspecified atom stereocenters. The van der Waals surface area contributed by atoms with Crippen LogP contribution in [0.25, 0.3) is 11.5 Å². The Balaban J connectivity index is 1.48. The second-order valence-electron chi connectivity index (χ2n) is 9.38. The SMILES string of the molecule is CCc1nn(-c2ccccc2)c2c1CN(C(=O)NCc1ccc(F)cc1)[C@@H](c1ccccc1)c1cccn1-2. The summed E-state index contributed by atoms with van der Waals surface area (Å²) in [7, 11) is 0. The molecule has 0 aliphatic carbocycles. The quantitative estimate of drug-likeness (QED) is 0.310. The molecule has 1 atom stereocenters. The topological polar surface area (TPSA) is 55.1 Å². The molecule has 2 amide bonds. The maximum Gasteiger partial charge on any atom is 0.318 e. The Morgan fingerprint density at radius 2 is 1.66 bits per heavy atom. The number of amides is 2. The number of nitrogens with one attached hydrogen (secondary N) is 1. The lowest BCUT2D eigenvalue weighted by atomic mass is 10.0. The van der Waals surface area contributed by atoms with E-state index in [1.54, 1.807) is 12.1 Å². The lowest BCUT2D eigenvalue weighted by molar-refractivity contribution is 0.180. The zero-order valence-corrected chi connectivity index (χ0v) is 21.1. The molecule has 0 saturated heterocycles. The zero-order chi connectivity index (χ0) is 26.1. The molecule has 1 aliphatic heterocycles. The Morgan fingerprint density at radius 3 is 2.37 bits per heavy atom. The van der Waals surface area contributed by atoms with Crippen LogP contribution < -0.4 is 5.32 Å². The number of nitrogens with zero attached hydrogens (tertiary/aromatic N) is 4. The molecule has 7 heteroatoms. The maximum absolute atomic E-state index is 13.9. The molecule has 2 aromatic heterocycles. The second kappa shape index (κ2) is 10.0. The van der Waals surface area contributed by atoms with Gasteiger partial charge in [0.15, 0.2) is 0 Å². The monoisotopic (exact) mass is 505 g/mol. The van der Waals surface area contributed by atoms with Gasteiger partial charge in [-0.05, 0) is 53.9 Å². The molecule has 3 heterocycles. The van der Waals surface area contributed by atoms with E-state index in [1.165, 1.54) is 12.1 Å². The van der Waals surface area contributed by atoms with E-state index in [2.05, 4.69) is 35.0 Å². The molecule has 0 radical (unpaired) electrons. The third-order valence-corrected chi connectivity index (χ3v) is 7.04. The van der Waals surface area contributed by atoms with Crippen molar-refractivity contribution in [1.29, 1.82) is 0 Å². The molecule has 3 aromatic carbocycles. The van der Waals surface area contributed by atoms with Gasteiger partial charge in [0.25, 0.3) is 0 Å². The number of aryl methyl sites for hydroxylation is 1. The van der Waals surface area contributed by atoms with Crippen LogP contribution in [0.2, 0.25) is 0 Å². The van der Waals surface area contributed by atoms with Crippen molar-refractivity contribution >= 4 is 6.03 Å². The molecule has 5 aromatic rings. The first-order valence-electron chi connectivity index (χ1n) is 12.8. The second-order valence-corrected chi connectivity index (χ2v) is 9.38. The standard InChI is InChI=1S/C31H28FN5O/c1-2-27-26-21-36(31(38)33-20-22-15-17-24(32)18-16-22)29(23-10-5-3-6-11-23)28-14-9-19-35(28)30(26)37(34-27)25-12-7-4-8-13-25/h3-19,29H,2,20-21H2,1H3,(H,33,38)/t29-/m0/s1. The number of fused-ring (bicyclic) bond motifs is 3. The van der Waals surface area contributed by atoms with Crippen molar-refractivity contribution in [3.8, 4) is 11.5 Å². The van der Waals surface area contributed by atoms with Crippen molar-refractivity contribution in [2.75, 3.05) is 0 Å². The summed E-state index contributed by atoms with van der Waals surface area (Å²) >= 11 is 0. The fourth-order valence-electron chi connectivity index (χ4n) is 5.22. The fraction of sp³-hybridized carbons (Fsp3) is 0.161. The lowest BCUT2D eigenvalue weighted by Gasteiger charge is -2.31. The predicted octanol–water partition coefficient (Wildman–Crippen LogP) is 6.18. The number of rotatable bonds is 5. The van der Waals surface area contributed by atoms with Gasteiger partial charge in [-0.3, -0.25) is 0 Å². The van der Waals surface area contributed by atoms with Crippen LogP contribution in [0.3, 0.4) is 0 Å². The number of halogens is 1. The van der Waals surface area contributed by atoms with Crippen LogP contribution in [0.5, 0.6) is 0 Å². The number of para-hydroxylation sites is 1. The number of carbonyl (C=O) groups is 1. The lowest BCUT2D eigenvalue weighted by Crippen LogP contribution is -2.41. The summed E-state index contributed by atoms with van der Waals surface area (Å²) in [5.41, 5.74) is 5.77. The molecular formula is C31H28FN5O. The van der Waals surface area contributed by atoms with E-state index in [0.29, 0.717) is 13.1 Å². The van der Waals surface area contributed by atoms with E-state index < -0.39 is 0 Å². The van der Waals surface area contributed by atoms with E-state index >= 15 is 0 Å². The first kappa shape index (κ1) is 23.7. The highest BCUT2D eigenvalue weighted by atomic mass is 19.1. The van der Waals surface area contributed by atoms with Crippen LogP contribution >= 0.6 is 0 Å². The molecule has 6 nitrogen and oxygen atoms in total. The number of benzene rings is 3. The minimum atomic E-state index is -0.319. The van der Waals surface area contributed by atoms with Crippen molar-refractivity contribution in [3.63, 3.8) is 0 Å². The average Bonchev–Trinajstić information content (AvgIpc) is 3.54. The highest BCUT2D eigenvalue weighted by Crippen LogP contribution is 2.38. The molecular weight excluding hydrogens is 477 g/mol. The van der Waals surface area contributed by atoms with Gasteiger partial charge in [-0.1, -0.05) is 67.6 Å². The molecule has 1 N–H and O–H groups in total. The summed E-state index contributed by atoms with van der Waals surface area (Å²) in [5, 5.41) is 8.07. The number of carbonyl (C=O) groups excluding carboxylic acids is 1. The Hall–Kier alpha value is -4.65. The third kappa shape index (κ3) is 4.26. The van der Waals surface area contributed by atoms with Gasteiger partial charge in [0.05, 0.1) is 29.7 Å². The van der Waals surface area contributed by atoms with Gasteiger partial charge < -0.3 is 14.8 Å². The smallest absolute Gasteiger partial charge is 0.318 e. The highest BCUT2D eigenvalue weighted by molar-refractivity contribution is 5.76. The van der Waals surface area contributed by atoms with E-state index in [9.17, 15) is 9.18 Å². The number of hydrogen-bond donors (Lipinski definition) is 1. The first-order chi connectivity index (χ1) is 18.6. The van der Waals surface area contributed by atoms with Gasteiger partial charge in [0.1, 0.15) is 11.6 Å². The van der Waals surface area contributed by atoms with E-state index in [4.69, 9.17) is 5.10 Å². The summed E-state index contributed by atoms with van der Waals surface area (Å²) in [6.45, 7) is 2.78. The Kier molecular flexibility index (Phi) is 6.25. The molecule has 38 heavy (non-hydrogen) atoms. The van der Waals surface area contributed by atoms with Gasteiger partial charge >= 0.3 is 6.03 Å². The van der Waals surface area contributed by atoms with Crippen LogP contribution in [-0.4, -0.2) is 25.3 Å². The van der Waals surface area contributed by atoms with Crippen molar-refractivity contribution < 1.29 is 9.18 Å². The summed E-state index contributed by atoms with van der Waals surface area (Å²) < 4.78 is 17.6. The largest absolute Gasteiger partial charge is 0.334 e. The number of aromatic nitrogens is 3. The van der Waals surface area contributed by atoms with Crippen LogP contribution in [0.4, 0.5) is 9.18 Å². The van der Waals surface area contributed by atoms with E-state index in [-0.39, 0.29) is 17.9 Å². The fourth-order valence-corrected chi connectivity index (χ4v) is 5.22. The molecule has 0 fully saturated rings. The normalized spacial score (nSPS) is 14.5. The van der Waals surface area contributed by atoms with Gasteiger partial charge in [-0.2, -0.15) is 5.10 Å². The highest BCUT2D eigenvalue weighted by Gasteiger charge is 2.36. The van der Waals surface area contributed by atoms with E-state index in [0.717, 1.165) is 46.0 Å². The average molecular weight is 506 g/mol. The Bertz CT molecular complexity index is 1560. The van der Waals surface area contributed by atoms with Crippen LogP contribution in [0.15, 0.2) is 103 Å². The van der Waals surface area contributed by atoms with E-state index in [1.807, 2.05) is 70.4 Å². The van der Waals surface area contributed by atoms with Crippen molar-refractivity contribution in [3.05, 3.63) is 137 Å². The van der Waals surface area contributed by atoms with Crippen molar-refractivity contribution in [2.45, 2.75) is 32.5 Å². The predicted molar refractivity (Wildman–Crippen MR) is 145 cm³/mol. The molecule has 0 bridgehead atoms. The Labute approximate surface area is 221 Å². The van der Waals surface area contributed by atoms with Gasteiger partial charge in [-0.25, -0.2) is 13.9 Å². The van der Waals surface area contributed by atoms with Crippen LogP contribution in [-0.2, 0) is 19.5 Å². The van der Waals surface area contributed by atoms with Crippen molar-refractivity contribution in [1.82, 2.24) is 24.6 Å². The number of hydrogen-bond acceptors (Lipinski definition) is 2. The van der Waals surface area contributed by atoms with Gasteiger partial charge in [0.2, 0.25) is 0 Å². The molecule has 190 valence electrons. The summed E-state index contributed by atoms with van der Waals surface area (Å²) in [6, 6.07) is 30.0. The Morgan fingerprint density at radius 1 is 0.947 bits per heavy atom. The molecule has 0 saturated carbocycles. The van der Waals surface area contributed by atoms with Gasteiger partial charge in [-0.15, -0.1) is 0 Å². The third-order valence-electron chi connectivity index (χ3n) is 7.04. The summed E-state index contributed by atoms with van der Waals surface area (Å²) in [5.74, 6) is 0.648. The minimum Gasteiger partial charge on any atom is -0.334 e. The molecule has 0 spiro atoms. The zero-order valence-electron chi connectivity index (χ0n) is 21.1. The number of urea groups is 1. The maximum atomic E-state index is 13.9. The molecule has 6 rings (SSSR count). The summed E-state index contributed by atoms with van der Waals surface area (Å²) in [4.78, 5) is 15.8. The molecule has 1 aliphatic rings. The van der Waals surface area contributed by atoms with Crippen molar-refractivity contribution in [2.24, 2.45) is 0 Å². The van der Waals surface area contributed by atoms with Crippen LogP contribution in [0, 0.1) is 5.82 Å².